The van der Waals surface area contributed by atoms with Gasteiger partial charge >= 0.3 is 6.03 Å². The Morgan fingerprint density at radius 3 is 2.90 bits per heavy atom. The normalized spacial score (nSPS) is 17.3. The van der Waals surface area contributed by atoms with Crippen LogP contribution >= 0.6 is 11.6 Å². The third kappa shape index (κ3) is 1.21. The minimum absolute atomic E-state index is 0.132. The fraction of sp³-hybridized carbons (Fsp3) is 0.600. The van der Waals surface area contributed by atoms with Crippen molar-refractivity contribution in [2.24, 2.45) is 0 Å². The largest absolute Gasteiger partial charge is 0.336 e. The molecule has 0 unspecified atom stereocenters. The van der Waals surface area contributed by atoms with Crippen LogP contribution in [0.4, 0.5) is 4.79 Å². The molecule has 1 fully saturated rings. The Morgan fingerprint density at radius 1 is 1.80 bits per heavy atom. The van der Waals surface area contributed by atoms with E-state index in [1.54, 1.807) is 0 Å². The van der Waals surface area contributed by atoms with Gasteiger partial charge in [0.2, 0.25) is 5.91 Å². The average Bonchev–Trinajstić information content (AvgIpc) is 2.34. The molecule has 0 aromatic rings. The molecule has 0 radical (unpaired) electrons. The molecule has 10 heavy (non-hydrogen) atoms. The highest BCUT2D eigenvalue weighted by Gasteiger charge is 2.24. The second kappa shape index (κ2) is 2.88. The monoisotopic (exact) mass is 162 g/mol. The highest BCUT2D eigenvalue weighted by Crippen LogP contribution is 1.97. The summed E-state index contributed by atoms with van der Waals surface area (Å²) in [7, 11) is 0. The maximum atomic E-state index is 10.8. The van der Waals surface area contributed by atoms with E-state index in [1.165, 1.54) is 0 Å². The van der Waals surface area contributed by atoms with Crippen molar-refractivity contribution in [3.8, 4) is 0 Å². The molecule has 0 aromatic carbocycles. The van der Waals surface area contributed by atoms with Gasteiger partial charge in [0.25, 0.3) is 0 Å². The minimum atomic E-state index is -0.342. The van der Waals surface area contributed by atoms with Gasteiger partial charge in [0.15, 0.2) is 0 Å². The van der Waals surface area contributed by atoms with Gasteiger partial charge in [0.05, 0.1) is 0 Å². The number of carbonyl (C=O) groups excluding carboxylic acids is 2. The van der Waals surface area contributed by atoms with E-state index in [9.17, 15) is 9.59 Å². The van der Waals surface area contributed by atoms with E-state index in [0.29, 0.717) is 13.1 Å². The number of alkyl halides is 1. The molecule has 0 bridgehead atoms. The highest BCUT2D eigenvalue weighted by atomic mass is 35.5. The van der Waals surface area contributed by atoms with E-state index in [-0.39, 0.29) is 17.8 Å². The Bertz CT molecular complexity index is 171. The number of amides is 3. The number of hydrogen-bond donors (Lipinski definition) is 1. The van der Waals surface area contributed by atoms with Crippen molar-refractivity contribution < 1.29 is 9.59 Å². The van der Waals surface area contributed by atoms with Gasteiger partial charge in [0, 0.05) is 13.1 Å². The second-order valence-corrected chi connectivity index (χ2v) is 2.18. The van der Waals surface area contributed by atoms with Crippen LogP contribution in [0.25, 0.3) is 0 Å². The number of urea groups is 1. The summed E-state index contributed by atoms with van der Waals surface area (Å²) < 4.78 is 0. The van der Waals surface area contributed by atoms with Crippen molar-refractivity contribution in [2.75, 3.05) is 19.0 Å². The molecule has 3 amide bonds. The summed E-state index contributed by atoms with van der Waals surface area (Å²) >= 11 is 5.23. The molecule has 0 spiro atoms. The second-order valence-electron chi connectivity index (χ2n) is 1.91. The number of carbonyl (C=O) groups is 2. The maximum Gasteiger partial charge on any atom is 0.324 e. The number of halogens is 1. The lowest BCUT2D eigenvalue weighted by Gasteiger charge is -2.08. The first-order valence-corrected chi connectivity index (χ1v) is 3.43. The molecule has 1 N–H and O–H groups in total. The smallest absolute Gasteiger partial charge is 0.324 e. The Balaban J connectivity index is 2.55. The Labute approximate surface area is 63.1 Å². The number of hydrogen-bond acceptors (Lipinski definition) is 2. The van der Waals surface area contributed by atoms with Gasteiger partial charge in [-0.1, -0.05) is 0 Å². The molecule has 1 aliphatic rings. The molecule has 4 nitrogen and oxygen atoms in total. The van der Waals surface area contributed by atoms with Crippen LogP contribution in [0.15, 0.2) is 0 Å². The Morgan fingerprint density at radius 2 is 2.50 bits per heavy atom. The van der Waals surface area contributed by atoms with Gasteiger partial charge in [-0.05, 0) is 0 Å². The topological polar surface area (TPSA) is 49.4 Å². The molecule has 1 aliphatic heterocycles. The summed E-state index contributed by atoms with van der Waals surface area (Å²) in [6.07, 6.45) is 0. The summed E-state index contributed by atoms with van der Waals surface area (Å²) in [5, 5.41) is 2.49. The van der Waals surface area contributed by atoms with Crippen LogP contribution in [0.3, 0.4) is 0 Å². The van der Waals surface area contributed by atoms with E-state index in [0.717, 1.165) is 4.90 Å². The first-order valence-electron chi connectivity index (χ1n) is 2.90. The van der Waals surface area contributed by atoms with Crippen LogP contribution < -0.4 is 5.32 Å². The summed E-state index contributed by atoms with van der Waals surface area (Å²) in [6, 6.07) is -0.342. The first kappa shape index (κ1) is 7.34. The van der Waals surface area contributed by atoms with Gasteiger partial charge in [-0.25, -0.2) is 4.79 Å². The molecule has 0 aliphatic carbocycles. The van der Waals surface area contributed by atoms with Crippen LogP contribution in [-0.2, 0) is 4.79 Å². The van der Waals surface area contributed by atoms with Crippen LogP contribution in [0, 0.1) is 0 Å². The van der Waals surface area contributed by atoms with Crippen molar-refractivity contribution in [2.45, 2.75) is 0 Å². The number of imide groups is 1. The van der Waals surface area contributed by atoms with E-state index in [1.807, 2.05) is 0 Å². The zero-order valence-electron chi connectivity index (χ0n) is 5.26. The van der Waals surface area contributed by atoms with Crippen molar-refractivity contribution in [3.05, 3.63) is 0 Å². The van der Waals surface area contributed by atoms with E-state index >= 15 is 0 Å². The number of nitrogens with one attached hydrogen (secondary N) is 1. The highest BCUT2D eigenvalue weighted by molar-refractivity contribution is 6.28. The fourth-order valence-corrected chi connectivity index (χ4v) is 0.926. The quantitative estimate of drug-likeness (QED) is 0.542. The number of nitrogens with zero attached hydrogens (tertiary/aromatic N) is 1. The fourth-order valence-electron chi connectivity index (χ4n) is 0.782. The maximum absolute atomic E-state index is 10.8. The molecule has 0 atom stereocenters. The third-order valence-corrected chi connectivity index (χ3v) is 1.50. The van der Waals surface area contributed by atoms with Gasteiger partial charge in [-0.15, -0.1) is 11.6 Å². The summed E-state index contributed by atoms with van der Waals surface area (Å²) in [5.74, 6) is -0.468. The number of rotatable bonds is 1. The van der Waals surface area contributed by atoms with Crippen molar-refractivity contribution in [1.29, 1.82) is 0 Å². The zero-order chi connectivity index (χ0) is 7.56. The molecule has 0 aromatic heterocycles. The van der Waals surface area contributed by atoms with Gasteiger partial charge < -0.3 is 5.32 Å². The van der Waals surface area contributed by atoms with Crippen molar-refractivity contribution >= 4 is 23.5 Å². The van der Waals surface area contributed by atoms with Gasteiger partial charge in [0.1, 0.15) is 5.88 Å². The predicted octanol–water partition coefficient (Wildman–Crippen LogP) is -0.223. The lowest BCUT2D eigenvalue weighted by Crippen LogP contribution is -2.34. The minimum Gasteiger partial charge on any atom is -0.336 e. The van der Waals surface area contributed by atoms with Crippen LogP contribution in [-0.4, -0.2) is 35.8 Å². The van der Waals surface area contributed by atoms with Crippen molar-refractivity contribution in [3.63, 3.8) is 0 Å². The van der Waals surface area contributed by atoms with E-state index < -0.39 is 0 Å². The van der Waals surface area contributed by atoms with Crippen LogP contribution in [0.5, 0.6) is 0 Å². The van der Waals surface area contributed by atoms with Crippen LogP contribution in [0.1, 0.15) is 0 Å². The summed E-state index contributed by atoms with van der Waals surface area (Å²) in [4.78, 5) is 22.6. The predicted molar refractivity (Wildman–Crippen MR) is 35.8 cm³/mol. The summed E-state index contributed by atoms with van der Waals surface area (Å²) in [5.41, 5.74) is 0. The molecule has 56 valence electrons. The average molecular weight is 163 g/mol. The van der Waals surface area contributed by atoms with E-state index in [2.05, 4.69) is 5.32 Å². The lowest BCUT2D eigenvalue weighted by atomic mass is 10.5. The lowest BCUT2D eigenvalue weighted by molar-refractivity contribution is -0.124. The molecular formula is C5H7ClN2O2. The van der Waals surface area contributed by atoms with Crippen molar-refractivity contribution in [1.82, 2.24) is 10.2 Å². The molecule has 1 heterocycles. The standard InChI is InChI=1S/C5H7ClN2O2/c6-3-4(9)8-2-1-7-5(8)10/h1-3H2,(H,7,10). The molecule has 0 saturated carbocycles. The Hall–Kier alpha value is -0.770. The molecule has 1 saturated heterocycles. The third-order valence-electron chi connectivity index (χ3n) is 1.27. The van der Waals surface area contributed by atoms with Gasteiger partial charge in [-0.2, -0.15) is 0 Å². The zero-order valence-corrected chi connectivity index (χ0v) is 6.02. The van der Waals surface area contributed by atoms with E-state index in [4.69, 9.17) is 11.6 Å². The molecular weight excluding hydrogens is 156 g/mol. The Kier molecular flexibility index (Phi) is 2.11. The SMILES string of the molecule is O=C(CCl)N1CCNC1=O. The van der Waals surface area contributed by atoms with Crippen LogP contribution in [0.2, 0.25) is 0 Å². The molecule has 5 heteroatoms. The first-order chi connectivity index (χ1) is 4.75. The summed E-state index contributed by atoms with van der Waals surface area (Å²) in [6.45, 7) is 0.964. The van der Waals surface area contributed by atoms with Gasteiger partial charge in [-0.3, -0.25) is 9.69 Å². The molecule has 1 rings (SSSR count).